The number of fused-ring (bicyclic) bond motifs is 3. The molecule has 1 unspecified atom stereocenters. The van der Waals surface area contributed by atoms with Gasteiger partial charge in [-0.05, 0) is 28.5 Å². The molecule has 0 saturated heterocycles. The molecule has 1 heterocycles. The van der Waals surface area contributed by atoms with Crippen LogP contribution < -0.4 is 4.74 Å². The number of alkyl halides is 3. The second-order valence-electron chi connectivity index (χ2n) is 5.84. The van der Waals surface area contributed by atoms with Gasteiger partial charge < -0.3 is 9.84 Å². The number of aliphatic hydroxyl groups is 1. The maximum absolute atomic E-state index is 13.3. The van der Waals surface area contributed by atoms with Crippen molar-refractivity contribution in [3.63, 3.8) is 0 Å². The zero-order valence-electron chi connectivity index (χ0n) is 12.9. The first kappa shape index (κ1) is 15.7. The van der Waals surface area contributed by atoms with Crippen LogP contribution in [0.4, 0.5) is 13.2 Å². The standard InChI is InChI=1S/C20H13F3O2/c21-20(22,23)16-8-4-3-7-14(16)15-11-25-17-10-9-12-5-1-2-6-13(12)18(17)19(15)24/h1-11,19,24H. The van der Waals surface area contributed by atoms with Gasteiger partial charge in [-0.3, -0.25) is 0 Å². The predicted octanol–water partition coefficient (Wildman–Crippen LogP) is 5.33. The monoisotopic (exact) mass is 342 g/mol. The van der Waals surface area contributed by atoms with Crippen LogP contribution >= 0.6 is 0 Å². The number of hydrogen-bond acceptors (Lipinski definition) is 2. The first-order valence-corrected chi connectivity index (χ1v) is 7.70. The lowest BCUT2D eigenvalue weighted by atomic mass is 9.88. The molecule has 0 aromatic heterocycles. The summed E-state index contributed by atoms with van der Waals surface area (Å²) >= 11 is 0. The van der Waals surface area contributed by atoms with E-state index in [1.54, 1.807) is 6.07 Å². The lowest BCUT2D eigenvalue weighted by Gasteiger charge is -2.26. The molecule has 126 valence electrons. The summed E-state index contributed by atoms with van der Waals surface area (Å²) in [6.07, 6.45) is -4.53. The Balaban J connectivity index is 1.89. The van der Waals surface area contributed by atoms with Crippen LogP contribution in [0.3, 0.4) is 0 Å². The van der Waals surface area contributed by atoms with Gasteiger partial charge >= 0.3 is 6.18 Å². The smallest absolute Gasteiger partial charge is 0.416 e. The van der Waals surface area contributed by atoms with E-state index in [1.165, 1.54) is 24.5 Å². The molecule has 1 aliphatic heterocycles. The Morgan fingerprint density at radius 2 is 1.60 bits per heavy atom. The van der Waals surface area contributed by atoms with Crippen molar-refractivity contribution < 1.29 is 23.0 Å². The molecule has 0 radical (unpaired) electrons. The van der Waals surface area contributed by atoms with E-state index >= 15 is 0 Å². The summed E-state index contributed by atoms with van der Waals surface area (Å²) < 4.78 is 45.5. The molecule has 0 amide bonds. The third-order valence-electron chi connectivity index (χ3n) is 4.36. The molecule has 0 fully saturated rings. The third kappa shape index (κ3) is 2.57. The summed E-state index contributed by atoms with van der Waals surface area (Å²) in [6.45, 7) is 0. The van der Waals surface area contributed by atoms with E-state index in [2.05, 4.69) is 0 Å². The van der Waals surface area contributed by atoms with Gasteiger partial charge in [-0.2, -0.15) is 13.2 Å². The van der Waals surface area contributed by atoms with Gasteiger partial charge in [0.25, 0.3) is 0 Å². The molecular weight excluding hydrogens is 329 g/mol. The van der Waals surface area contributed by atoms with Gasteiger partial charge in [-0.1, -0.05) is 48.5 Å². The van der Waals surface area contributed by atoms with Gasteiger partial charge in [0, 0.05) is 11.1 Å². The fraction of sp³-hybridized carbons (Fsp3) is 0.100. The van der Waals surface area contributed by atoms with Gasteiger partial charge in [0.1, 0.15) is 11.9 Å². The Bertz CT molecular complexity index is 990. The van der Waals surface area contributed by atoms with Crippen molar-refractivity contribution in [1.29, 1.82) is 0 Å². The van der Waals surface area contributed by atoms with Crippen molar-refractivity contribution in [3.8, 4) is 5.75 Å². The highest BCUT2D eigenvalue weighted by molar-refractivity contribution is 5.91. The number of rotatable bonds is 1. The molecule has 1 N–H and O–H groups in total. The summed E-state index contributed by atoms with van der Waals surface area (Å²) in [7, 11) is 0. The van der Waals surface area contributed by atoms with Crippen LogP contribution in [0.5, 0.6) is 5.75 Å². The average Bonchev–Trinajstić information content (AvgIpc) is 2.61. The van der Waals surface area contributed by atoms with Crippen LogP contribution in [0.25, 0.3) is 16.3 Å². The normalized spacial score (nSPS) is 17.0. The van der Waals surface area contributed by atoms with Crippen LogP contribution in [-0.4, -0.2) is 5.11 Å². The highest BCUT2D eigenvalue weighted by Gasteiger charge is 2.36. The highest BCUT2D eigenvalue weighted by Crippen LogP contribution is 2.45. The van der Waals surface area contributed by atoms with Crippen molar-refractivity contribution in [2.75, 3.05) is 0 Å². The molecule has 4 rings (SSSR count). The molecule has 1 atom stereocenters. The average molecular weight is 342 g/mol. The lowest BCUT2D eigenvalue weighted by Crippen LogP contribution is -2.14. The Hall–Kier alpha value is -2.79. The fourth-order valence-corrected chi connectivity index (χ4v) is 3.20. The molecule has 0 bridgehead atoms. The Morgan fingerprint density at radius 3 is 2.40 bits per heavy atom. The topological polar surface area (TPSA) is 29.5 Å². The van der Waals surface area contributed by atoms with E-state index in [9.17, 15) is 18.3 Å². The van der Waals surface area contributed by atoms with Gasteiger partial charge in [-0.15, -0.1) is 0 Å². The van der Waals surface area contributed by atoms with E-state index in [-0.39, 0.29) is 11.1 Å². The largest absolute Gasteiger partial charge is 0.464 e. The van der Waals surface area contributed by atoms with E-state index in [4.69, 9.17) is 4.74 Å². The van der Waals surface area contributed by atoms with Crippen molar-refractivity contribution in [2.45, 2.75) is 12.3 Å². The van der Waals surface area contributed by atoms with Crippen molar-refractivity contribution >= 4 is 16.3 Å². The molecule has 3 aromatic carbocycles. The lowest BCUT2D eigenvalue weighted by molar-refractivity contribution is -0.137. The van der Waals surface area contributed by atoms with Crippen LogP contribution in [0.1, 0.15) is 22.8 Å². The predicted molar refractivity (Wildman–Crippen MR) is 89.0 cm³/mol. The number of ether oxygens (including phenoxy) is 1. The Kier molecular flexibility index (Phi) is 3.54. The van der Waals surface area contributed by atoms with Crippen LogP contribution in [0.2, 0.25) is 0 Å². The second-order valence-corrected chi connectivity index (χ2v) is 5.84. The van der Waals surface area contributed by atoms with Crippen LogP contribution in [0, 0.1) is 0 Å². The number of hydrogen-bond donors (Lipinski definition) is 1. The minimum Gasteiger partial charge on any atom is -0.464 e. The maximum Gasteiger partial charge on any atom is 0.416 e. The van der Waals surface area contributed by atoms with Gasteiger partial charge in [0.15, 0.2) is 0 Å². The van der Waals surface area contributed by atoms with Crippen molar-refractivity contribution in [3.05, 3.63) is 83.6 Å². The number of halogens is 3. The number of benzene rings is 3. The van der Waals surface area contributed by atoms with E-state index in [0.717, 1.165) is 16.8 Å². The number of aliphatic hydroxyl groups excluding tert-OH is 1. The van der Waals surface area contributed by atoms with Crippen LogP contribution in [0.15, 0.2) is 66.9 Å². The SMILES string of the molecule is OC1C(c2ccccc2C(F)(F)F)=COc2ccc3ccccc3c21. The molecule has 0 spiro atoms. The first-order valence-electron chi connectivity index (χ1n) is 7.70. The fourth-order valence-electron chi connectivity index (χ4n) is 3.20. The Labute approximate surface area is 141 Å². The third-order valence-corrected chi connectivity index (χ3v) is 4.36. The zero-order valence-corrected chi connectivity index (χ0v) is 12.9. The first-order chi connectivity index (χ1) is 12.0. The van der Waals surface area contributed by atoms with Crippen molar-refractivity contribution in [1.82, 2.24) is 0 Å². The molecule has 25 heavy (non-hydrogen) atoms. The second kappa shape index (κ2) is 5.63. The molecule has 0 saturated carbocycles. The van der Waals surface area contributed by atoms with E-state index in [1.807, 2.05) is 30.3 Å². The minimum atomic E-state index is -4.52. The summed E-state index contributed by atoms with van der Waals surface area (Å²) in [5.74, 6) is 0.444. The maximum atomic E-state index is 13.3. The van der Waals surface area contributed by atoms with E-state index < -0.39 is 17.8 Å². The van der Waals surface area contributed by atoms with E-state index in [0.29, 0.717) is 11.3 Å². The minimum absolute atomic E-state index is 0.0823. The molecule has 2 nitrogen and oxygen atoms in total. The molecule has 3 aromatic rings. The molecule has 5 heteroatoms. The van der Waals surface area contributed by atoms with Gasteiger partial charge in [-0.25, -0.2) is 0 Å². The van der Waals surface area contributed by atoms with Gasteiger partial charge in [0.2, 0.25) is 0 Å². The molecule has 1 aliphatic rings. The summed E-state index contributed by atoms with van der Waals surface area (Å²) in [5, 5.41) is 12.5. The Morgan fingerprint density at radius 1 is 0.880 bits per heavy atom. The highest BCUT2D eigenvalue weighted by atomic mass is 19.4. The summed E-state index contributed by atoms with van der Waals surface area (Å²) in [4.78, 5) is 0. The quantitative estimate of drug-likeness (QED) is 0.648. The van der Waals surface area contributed by atoms with Crippen molar-refractivity contribution in [2.24, 2.45) is 0 Å². The van der Waals surface area contributed by atoms with Gasteiger partial charge in [0.05, 0.1) is 11.8 Å². The zero-order chi connectivity index (χ0) is 17.6. The summed E-state index contributed by atoms with van der Waals surface area (Å²) in [6, 6.07) is 16.1. The molecule has 0 aliphatic carbocycles. The molecular formula is C20H13F3O2. The van der Waals surface area contributed by atoms with Crippen LogP contribution in [-0.2, 0) is 6.18 Å². The summed E-state index contributed by atoms with van der Waals surface area (Å²) in [5.41, 5.74) is -0.307.